The zero-order valence-corrected chi connectivity index (χ0v) is 18.6. The lowest BCUT2D eigenvalue weighted by molar-refractivity contribution is 0.646. The fraction of sp³-hybridized carbons (Fsp3) is 0.462. The van der Waals surface area contributed by atoms with Gasteiger partial charge in [0.05, 0.1) is 5.69 Å². The SMILES string of the molecule is CCCC1=C(CC(C)C)C=c2[nH]cc(/N=N/c3ccc(CC(C)C)cc3)c2=CC1. The Bertz CT molecular complexity index is 986. The molecule has 0 saturated carbocycles. The molecule has 0 saturated heterocycles. The second-order valence-electron chi connectivity index (χ2n) is 9.00. The van der Waals surface area contributed by atoms with Gasteiger partial charge in [-0.1, -0.05) is 64.8 Å². The van der Waals surface area contributed by atoms with E-state index in [0.717, 1.165) is 36.0 Å². The van der Waals surface area contributed by atoms with Gasteiger partial charge in [-0.05, 0) is 66.9 Å². The van der Waals surface area contributed by atoms with E-state index >= 15 is 0 Å². The number of hydrogen-bond donors (Lipinski definition) is 1. The van der Waals surface area contributed by atoms with Crippen LogP contribution in [-0.4, -0.2) is 4.98 Å². The first-order valence-electron chi connectivity index (χ1n) is 11.1. The van der Waals surface area contributed by atoms with Crippen LogP contribution in [0.25, 0.3) is 12.2 Å². The van der Waals surface area contributed by atoms with Crippen LogP contribution in [-0.2, 0) is 6.42 Å². The lowest BCUT2D eigenvalue weighted by Gasteiger charge is -2.12. The van der Waals surface area contributed by atoms with E-state index in [-0.39, 0.29) is 0 Å². The van der Waals surface area contributed by atoms with Gasteiger partial charge in [-0.15, -0.1) is 5.11 Å². The molecule has 0 unspecified atom stereocenters. The molecule has 3 rings (SSSR count). The molecule has 0 aliphatic heterocycles. The molecule has 1 aliphatic carbocycles. The van der Waals surface area contributed by atoms with Crippen LogP contribution in [0.5, 0.6) is 0 Å². The van der Waals surface area contributed by atoms with Gasteiger partial charge in [-0.2, -0.15) is 5.11 Å². The van der Waals surface area contributed by atoms with Crippen molar-refractivity contribution in [2.45, 2.75) is 66.7 Å². The molecular formula is C26H35N3. The Kier molecular flexibility index (Phi) is 7.24. The molecule has 154 valence electrons. The molecule has 29 heavy (non-hydrogen) atoms. The molecular weight excluding hydrogens is 354 g/mol. The van der Waals surface area contributed by atoms with Crippen molar-refractivity contribution in [1.29, 1.82) is 0 Å². The van der Waals surface area contributed by atoms with Crippen molar-refractivity contribution >= 4 is 23.5 Å². The van der Waals surface area contributed by atoms with Crippen LogP contribution in [0.2, 0.25) is 0 Å². The van der Waals surface area contributed by atoms with Crippen molar-refractivity contribution in [3.8, 4) is 0 Å². The highest BCUT2D eigenvalue weighted by molar-refractivity contribution is 5.57. The minimum atomic E-state index is 0.655. The first-order valence-corrected chi connectivity index (χ1v) is 11.1. The van der Waals surface area contributed by atoms with Gasteiger partial charge in [0, 0.05) is 16.8 Å². The summed E-state index contributed by atoms with van der Waals surface area (Å²) in [5, 5.41) is 11.4. The Morgan fingerprint density at radius 2 is 1.69 bits per heavy atom. The van der Waals surface area contributed by atoms with Gasteiger partial charge in [-0.25, -0.2) is 0 Å². The summed E-state index contributed by atoms with van der Waals surface area (Å²) < 4.78 is 0. The first kappa shape index (κ1) is 21.3. The summed E-state index contributed by atoms with van der Waals surface area (Å²) in [4.78, 5) is 3.42. The van der Waals surface area contributed by atoms with Crippen molar-refractivity contribution < 1.29 is 0 Å². The second-order valence-corrected chi connectivity index (χ2v) is 9.00. The van der Waals surface area contributed by atoms with E-state index in [1.54, 1.807) is 5.57 Å². The first-order chi connectivity index (χ1) is 14.0. The van der Waals surface area contributed by atoms with Crippen LogP contribution in [0.4, 0.5) is 11.4 Å². The largest absolute Gasteiger partial charge is 0.359 e. The highest BCUT2D eigenvalue weighted by Crippen LogP contribution is 2.25. The lowest BCUT2D eigenvalue weighted by atomic mass is 9.94. The van der Waals surface area contributed by atoms with Crippen molar-refractivity contribution in [2.75, 3.05) is 0 Å². The fourth-order valence-corrected chi connectivity index (χ4v) is 3.98. The number of nitrogens with zero attached hydrogens (tertiary/aromatic N) is 2. The molecule has 1 aliphatic rings. The number of rotatable bonds is 8. The van der Waals surface area contributed by atoms with E-state index in [4.69, 9.17) is 0 Å². The molecule has 0 fully saturated rings. The number of hydrogen-bond acceptors (Lipinski definition) is 2. The van der Waals surface area contributed by atoms with Gasteiger partial charge in [-0.3, -0.25) is 0 Å². The summed E-state index contributed by atoms with van der Waals surface area (Å²) in [5.41, 5.74) is 6.22. The van der Waals surface area contributed by atoms with Crippen LogP contribution in [0.15, 0.2) is 51.8 Å². The molecule has 1 heterocycles. The zero-order chi connectivity index (χ0) is 20.8. The summed E-state index contributed by atoms with van der Waals surface area (Å²) >= 11 is 0. The molecule has 0 atom stereocenters. The van der Waals surface area contributed by atoms with Crippen molar-refractivity contribution in [3.63, 3.8) is 0 Å². The highest BCUT2D eigenvalue weighted by Gasteiger charge is 2.10. The van der Waals surface area contributed by atoms with Crippen LogP contribution in [0.3, 0.4) is 0 Å². The van der Waals surface area contributed by atoms with E-state index in [1.807, 2.05) is 6.20 Å². The standard InChI is InChI=1S/C26H35N3/c1-6-7-21-10-13-24-25(16-22(21)15-19(4)5)27-17-26(24)29-28-23-11-8-20(9-12-23)14-18(2)3/h8-9,11-13,16-19,27H,6-7,10,14-15H2,1-5H3/b29-28+. The molecule has 2 aromatic rings. The van der Waals surface area contributed by atoms with Gasteiger partial charge < -0.3 is 4.98 Å². The quantitative estimate of drug-likeness (QED) is 0.486. The number of fused-ring (bicyclic) bond motifs is 1. The molecule has 0 amide bonds. The number of aromatic amines is 1. The minimum Gasteiger partial charge on any atom is -0.359 e. The van der Waals surface area contributed by atoms with Gasteiger partial charge in [0.2, 0.25) is 0 Å². The van der Waals surface area contributed by atoms with Gasteiger partial charge in [0.15, 0.2) is 0 Å². The molecule has 0 spiro atoms. The van der Waals surface area contributed by atoms with E-state index < -0.39 is 0 Å². The van der Waals surface area contributed by atoms with Gasteiger partial charge >= 0.3 is 0 Å². The second kappa shape index (κ2) is 9.87. The van der Waals surface area contributed by atoms with Gasteiger partial charge in [0.1, 0.15) is 5.69 Å². The summed E-state index contributed by atoms with van der Waals surface area (Å²) in [7, 11) is 0. The molecule has 1 aromatic heterocycles. The number of azo groups is 1. The van der Waals surface area contributed by atoms with Crippen LogP contribution in [0, 0.1) is 11.8 Å². The maximum atomic E-state index is 4.56. The van der Waals surface area contributed by atoms with Crippen LogP contribution in [0.1, 0.15) is 65.9 Å². The fourth-order valence-electron chi connectivity index (χ4n) is 3.98. The van der Waals surface area contributed by atoms with E-state index in [1.165, 1.54) is 29.2 Å². The predicted molar refractivity (Wildman–Crippen MR) is 124 cm³/mol. The molecule has 1 aromatic carbocycles. The predicted octanol–water partition coefficient (Wildman–Crippen LogP) is 6.74. The minimum absolute atomic E-state index is 0.655. The van der Waals surface area contributed by atoms with Crippen molar-refractivity contribution in [2.24, 2.45) is 22.1 Å². The molecule has 3 heteroatoms. The molecule has 3 nitrogen and oxygen atoms in total. The maximum absolute atomic E-state index is 4.56. The third-order valence-electron chi connectivity index (χ3n) is 5.29. The Morgan fingerprint density at radius 1 is 0.966 bits per heavy atom. The monoisotopic (exact) mass is 389 g/mol. The number of aromatic nitrogens is 1. The van der Waals surface area contributed by atoms with Gasteiger partial charge in [0.25, 0.3) is 0 Å². The summed E-state index contributed by atoms with van der Waals surface area (Å²) in [6.45, 7) is 11.3. The van der Waals surface area contributed by atoms with E-state index in [9.17, 15) is 0 Å². The number of H-pyrrole nitrogens is 1. The average Bonchev–Trinajstić information content (AvgIpc) is 2.96. The number of nitrogens with one attached hydrogen (secondary N) is 1. The Hall–Kier alpha value is -2.42. The average molecular weight is 390 g/mol. The summed E-state index contributed by atoms with van der Waals surface area (Å²) in [6, 6.07) is 8.43. The maximum Gasteiger partial charge on any atom is 0.111 e. The third-order valence-corrected chi connectivity index (χ3v) is 5.29. The summed E-state index contributed by atoms with van der Waals surface area (Å²) in [5.74, 6) is 1.32. The Labute approximate surface area is 175 Å². The van der Waals surface area contributed by atoms with Crippen molar-refractivity contribution in [1.82, 2.24) is 4.98 Å². The smallest absolute Gasteiger partial charge is 0.111 e. The summed E-state index contributed by atoms with van der Waals surface area (Å²) in [6.07, 6.45) is 12.2. The Balaban J connectivity index is 1.85. The molecule has 0 bridgehead atoms. The van der Waals surface area contributed by atoms with Crippen LogP contribution >= 0.6 is 0 Å². The molecule has 1 N–H and O–H groups in total. The topological polar surface area (TPSA) is 40.5 Å². The number of benzene rings is 1. The van der Waals surface area contributed by atoms with E-state index in [2.05, 4.69) is 86.2 Å². The van der Waals surface area contributed by atoms with Crippen molar-refractivity contribution in [3.05, 3.63) is 57.7 Å². The zero-order valence-electron chi connectivity index (χ0n) is 18.6. The van der Waals surface area contributed by atoms with Crippen LogP contribution < -0.4 is 10.6 Å². The lowest BCUT2D eigenvalue weighted by Crippen LogP contribution is -2.22. The van der Waals surface area contributed by atoms with E-state index in [0.29, 0.717) is 11.8 Å². The normalized spacial score (nSPS) is 14.3. The number of allylic oxidation sites excluding steroid dienone is 2. The third kappa shape index (κ3) is 5.79. The molecule has 0 radical (unpaired) electrons. The highest BCUT2D eigenvalue weighted by atomic mass is 15.1. The Morgan fingerprint density at radius 3 is 2.34 bits per heavy atom.